The van der Waals surface area contributed by atoms with E-state index in [-0.39, 0.29) is 56.8 Å². The highest BCUT2D eigenvalue weighted by Crippen LogP contribution is 2.12. The van der Waals surface area contributed by atoms with Gasteiger partial charge in [-0.25, -0.2) is 4.79 Å². The number of rotatable bonds is 20. The van der Waals surface area contributed by atoms with Crippen LogP contribution in [-0.4, -0.2) is 83.0 Å². The summed E-state index contributed by atoms with van der Waals surface area (Å²) in [5.41, 5.74) is 27.7. The number of hydrogen-bond acceptors (Lipinski definition) is 9. The summed E-state index contributed by atoms with van der Waals surface area (Å²) in [6.45, 7) is 0.507. The van der Waals surface area contributed by atoms with Crippen molar-refractivity contribution in [3.8, 4) is 5.75 Å². The Morgan fingerprint density at radius 2 is 1.36 bits per heavy atom. The first-order chi connectivity index (χ1) is 19.8. The number of aliphatic carboxylic acids is 1. The summed E-state index contributed by atoms with van der Waals surface area (Å²) >= 11 is 0. The molecular weight excluding hydrogens is 550 g/mol. The van der Waals surface area contributed by atoms with Gasteiger partial charge in [0.05, 0.1) is 6.04 Å². The highest BCUT2D eigenvalue weighted by Gasteiger charge is 2.30. The second-order valence-corrected chi connectivity index (χ2v) is 9.74. The maximum Gasteiger partial charge on any atom is 0.326 e. The van der Waals surface area contributed by atoms with E-state index in [9.17, 15) is 34.2 Å². The minimum Gasteiger partial charge on any atom is -0.508 e. The Morgan fingerprint density at radius 1 is 0.786 bits per heavy atom. The molecular formula is C26H43N9O7. The molecule has 16 nitrogen and oxygen atoms in total. The van der Waals surface area contributed by atoms with E-state index in [1.54, 1.807) is 12.1 Å². The number of phenolic OH excluding ortho intramolecular Hbond substituents is 1. The minimum absolute atomic E-state index is 0.00535. The van der Waals surface area contributed by atoms with Crippen molar-refractivity contribution in [3.05, 3.63) is 29.8 Å². The summed E-state index contributed by atoms with van der Waals surface area (Å²) in [7, 11) is 0. The molecule has 4 unspecified atom stereocenters. The van der Waals surface area contributed by atoms with Crippen molar-refractivity contribution in [3.63, 3.8) is 0 Å². The predicted molar refractivity (Wildman–Crippen MR) is 154 cm³/mol. The van der Waals surface area contributed by atoms with Crippen LogP contribution in [0, 0.1) is 0 Å². The monoisotopic (exact) mass is 593 g/mol. The van der Waals surface area contributed by atoms with Crippen LogP contribution in [0.5, 0.6) is 5.75 Å². The van der Waals surface area contributed by atoms with Gasteiger partial charge in [0.2, 0.25) is 23.6 Å². The Labute approximate surface area is 243 Å². The average molecular weight is 594 g/mol. The molecule has 0 aliphatic rings. The number of amides is 4. The Kier molecular flexibility index (Phi) is 15.9. The molecule has 1 aromatic rings. The first kappa shape index (κ1) is 35.6. The van der Waals surface area contributed by atoms with Crippen molar-refractivity contribution >= 4 is 35.6 Å². The van der Waals surface area contributed by atoms with Gasteiger partial charge in [-0.1, -0.05) is 12.1 Å². The lowest BCUT2D eigenvalue weighted by molar-refractivity contribution is -0.142. The maximum absolute atomic E-state index is 13.5. The van der Waals surface area contributed by atoms with E-state index in [1.807, 2.05) is 0 Å². The third-order valence-electron chi connectivity index (χ3n) is 6.19. The highest BCUT2D eigenvalue weighted by molar-refractivity contribution is 5.94. The van der Waals surface area contributed by atoms with Gasteiger partial charge >= 0.3 is 5.97 Å². The summed E-state index contributed by atoms with van der Waals surface area (Å²) in [6, 6.07) is 1.12. The molecule has 1 rings (SSSR count). The molecule has 4 amide bonds. The number of phenols is 1. The molecule has 1 aromatic carbocycles. The van der Waals surface area contributed by atoms with Crippen LogP contribution in [0.15, 0.2) is 29.3 Å². The Hall–Kier alpha value is -4.44. The quantitative estimate of drug-likeness (QED) is 0.0419. The Morgan fingerprint density at radius 3 is 1.93 bits per heavy atom. The lowest BCUT2D eigenvalue weighted by Gasteiger charge is -2.25. The first-order valence-corrected chi connectivity index (χ1v) is 13.5. The zero-order chi connectivity index (χ0) is 31.7. The number of guanidine groups is 1. The second kappa shape index (κ2) is 18.8. The number of nitrogens with zero attached hydrogens (tertiary/aromatic N) is 1. The number of carbonyl (C=O) groups excluding carboxylic acids is 4. The van der Waals surface area contributed by atoms with Gasteiger partial charge in [0.25, 0.3) is 0 Å². The molecule has 0 saturated carbocycles. The number of carboxylic acid groups (broad SMARTS) is 1. The second-order valence-electron chi connectivity index (χ2n) is 9.74. The number of unbranched alkanes of at least 4 members (excludes halogenated alkanes) is 1. The fraction of sp³-hybridized carbons (Fsp3) is 0.538. The number of nitrogens with two attached hydrogens (primary N) is 5. The predicted octanol–water partition coefficient (Wildman–Crippen LogP) is -2.75. The van der Waals surface area contributed by atoms with E-state index in [1.165, 1.54) is 12.1 Å². The van der Waals surface area contributed by atoms with Crippen molar-refractivity contribution in [2.75, 3.05) is 13.1 Å². The Bertz CT molecular complexity index is 1080. The van der Waals surface area contributed by atoms with Gasteiger partial charge in [0, 0.05) is 19.4 Å². The fourth-order valence-corrected chi connectivity index (χ4v) is 3.85. The number of aromatic hydroxyl groups is 1. The minimum atomic E-state index is -1.24. The van der Waals surface area contributed by atoms with E-state index >= 15 is 0 Å². The number of aliphatic imine (C=N–C) groups is 1. The molecule has 234 valence electrons. The van der Waals surface area contributed by atoms with Crippen molar-refractivity contribution in [2.45, 2.75) is 75.5 Å². The maximum atomic E-state index is 13.5. The third-order valence-corrected chi connectivity index (χ3v) is 6.19. The lowest BCUT2D eigenvalue weighted by Crippen LogP contribution is -2.57. The molecule has 0 aromatic heterocycles. The highest BCUT2D eigenvalue weighted by atomic mass is 16.4. The van der Waals surface area contributed by atoms with E-state index in [0.29, 0.717) is 24.9 Å². The van der Waals surface area contributed by atoms with E-state index in [4.69, 9.17) is 28.7 Å². The number of hydrogen-bond donors (Lipinski definition) is 10. The van der Waals surface area contributed by atoms with Crippen molar-refractivity contribution in [1.82, 2.24) is 16.0 Å². The Balaban J connectivity index is 3.17. The summed E-state index contributed by atoms with van der Waals surface area (Å²) < 4.78 is 0. The number of nitrogens with one attached hydrogen (secondary N) is 3. The molecule has 16 heteroatoms. The smallest absolute Gasteiger partial charge is 0.326 e. The van der Waals surface area contributed by atoms with Gasteiger partial charge in [-0.3, -0.25) is 24.2 Å². The van der Waals surface area contributed by atoms with Crippen molar-refractivity contribution < 1.29 is 34.2 Å². The van der Waals surface area contributed by atoms with Crippen molar-refractivity contribution in [1.29, 1.82) is 0 Å². The number of primary amides is 1. The first-order valence-electron chi connectivity index (χ1n) is 13.5. The van der Waals surface area contributed by atoms with Crippen LogP contribution in [0.3, 0.4) is 0 Å². The molecule has 0 spiro atoms. The molecule has 0 fully saturated rings. The lowest BCUT2D eigenvalue weighted by atomic mass is 10.0. The third kappa shape index (κ3) is 14.3. The van der Waals surface area contributed by atoms with Gasteiger partial charge < -0.3 is 54.8 Å². The van der Waals surface area contributed by atoms with Crippen LogP contribution in [0.2, 0.25) is 0 Å². The van der Waals surface area contributed by atoms with Gasteiger partial charge in [0.15, 0.2) is 5.96 Å². The van der Waals surface area contributed by atoms with Crippen LogP contribution in [0.25, 0.3) is 0 Å². The molecule has 0 saturated heterocycles. The summed E-state index contributed by atoms with van der Waals surface area (Å²) in [5, 5.41) is 26.8. The van der Waals surface area contributed by atoms with Gasteiger partial charge in [-0.05, 0) is 62.8 Å². The average Bonchev–Trinajstić information content (AvgIpc) is 2.93. The standard InChI is InChI=1S/C26H43N9O7/c27-12-2-1-4-19(25(41)42)34-23(39)18(5-3-13-32-26(30)31)33-24(40)20(14-15-6-8-16(36)9-7-15)35-22(38)17(28)10-11-21(29)37/h6-9,17-20,36H,1-5,10-14,27-28H2,(H2,29,37)(H,33,40)(H,34,39)(H,35,38)(H,41,42)(H4,30,31,32). The van der Waals surface area contributed by atoms with Crippen LogP contribution in [-0.2, 0) is 30.4 Å². The fourth-order valence-electron chi connectivity index (χ4n) is 3.85. The molecule has 42 heavy (non-hydrogen) atoms. The molecule has 0 bridgehead atoms. The van der Waals surface area contributed by atoms with E-state index < -0.39 is 53.8 Å². The molecule has 0 radical (unpaired) electrons. The number of benzene rings is 1. The van der Waals surface area contributed by atoms with Gasteiger partial charge in [0.1, 0.15) is 23.9 Å². The summed E-state index contributed by atoms with van der Waals surface area (Å²) in [6.07, 6.45) is 1.23. The topological polar surface area (TPSA) is 304 Å². The number of carbonyl (C=O) groups is 5. The summed E-state index contributed by atoms with van der Waals surface area (Å²) in [4.78, 5) is 66.1. The van der Waals surface area contributed by atoms with Gasteiger partial charge in [-0.2, -0.15) is 0 Å². The van der Waals surface area contributed by atoms with Crippen molar-refractivity contribution in [2.24, 2.45) is 33.7 Å². The van der Waals surface area contributed by atoms with E-state index in [0.717, 1.165) is 0 Å². The molecule has 0 heterocycles. The van der Waals surface area contributed by atoms with E-state index in [2.05, 4.69) is 20.9 Å². The molecule has 4 atom stereocenters. The zero-order valence-electron chi connectivity index (χ0n) is 23.5. The SMILES string of the molecule is NCCCCC(NC(=O)C(CCCN=C(N)N)NC(=O)C(Cc1ccc(O)cc1)NC(=O)C(N)CCC(N)=O)C(=O)O. The van der Waals surface area contributed by atoms with Gasteiger partial charge in [-0.15, -0.1) is 0 Å². The number of carboxylic acids is 1. The molecule has 15 N–H and O–H groups in total. The molecule has 0 aliphatic heterocycles. The van der Waals surface area contributed by atoms with Crippen LogP contribution >= 0.6 is 0 Å². The molecule has 0 aliphatic carbocycles. The zero-order valence-corrected chi connectivity index (χ0v) is 23.5. The largest absolute Gasteiger partial charge is 0.508 e. The summed E-state index contributed by atoms with van der Waals surface area (Å²) in [5.74, 6) is -4.28. The normalized spacial score (nSPS) is 13.6. The van der Waals surface area contributed by atoms with Crippen LogP contribution in [0.4, 0.5) is 0 Å². The van der Waals surface area contributed by atoms with Crippen LogP contribution < -0.4 is 44.6 Å². The van der Waals surface area contributed by atoms with Crippen LogP contribution in [0.1, 0.15) is 50.5 Å².